The van der Waals surface area contributed by atoms with Crippen LogP contribution < -0.4 is 15.4 Å². The van der Waals surface area contributed by atoms with Crippen molar-refractivity contribution in [3.05, 3.63) is 0 Å². The number of sulfonamides is 1. The van der Waals surface area contributed by atoms with Crippen LogP contribution in [0.5, 0.6) is 0 Å². The van der Waals surface area contributed by atoms with E-state index in [-0.39, 0.29) is 24.9 Å². The third-order valence-corrected chi connectivity index (χ3v) is 4.24. The van der Waals surface area contributed by atoms with E-state index in [1.54, 1.807) is 6.92 Å². The molecule has 0 aliphatic heterocycles. The summed E-state index contributed by atoms with van der Waals surface area (Å²) in [7, 11) is -3.25. The zero-order valence-electron chi connectivity index (χ0n) is 12.6. The fourth-order valence-corrected chi connectivity index (χ4v) is 2.89. The van der Waals surface area contributed by atoms with Gasteiger partial charge in [-0.3, -0.25) is 9.59 Å². The van der Waals surface area contributed by atoms with Crippen LogP contribution in [0.2, 0.25) is 0 Å². The third kappa shape index (κ3) is 8.01. The van der Waals surface area contributed by atoms with Crippen LogP contribution in [0, 0.1) is 5.92 Å². The molecule has 1 unspecified atom stereocenters. The van der Waals surface area contributed by atoms with E-state index in [0.717, 1.165) is 19.1 Å². The monoisotopic (exact) mass is 319 g/mol. The number of carbonyl (C=O) groups is 2. The first kappa shape index (κ1) is 17.9. The van der Waals surface area contributed by atoms with Crippen molar-refractivity contribution in [2.45, 2.75) is 45.1 Å². The summed E-state index contributed by atoms with van der Waals surface area (Å²) in [5.41, 5.74) is 0. The van der Waals surface area contributed by atoms with Gasteiger partial charge in [0.2, 0.25) is 21.8 Å². The Kier molecular flexibility index (Phi) is 7.10. The van der Waals surface area contributed by atoms with Crippen molar-refractivity contribution >= 4 is 21.8 Å². The van der Waals surface area contributed by atoms with E-state index in [0.29, 0.717) is 12.3 Å². The lowest BCUT2D eigenvalue weighted by Crippen LogP contribution is -2.46. The Hall–Kier alpha value is -1.15. The highest BCUT2D eigenvalue weighted by molar-refractivity contribution is 7.88. The van der Waals surface area contributed by atoms with Crippen LogP contribution >= 0.6 is 0 Å². The predicted molar refractivity (Wildman–Crippen MR) is 80.0 cm³/mol. The van der Waals surface area contributed by atoms with Crippen molar-refractivity contribution in [2.75, 3.05) is 19.3 Å². The molecule has 2 amide bonds. The summed E-state index contributed by atoms with van der Waals surface area (Å²) in [6, 6.07) is -0.614. The molecule has 0 radical (unpaired) electrons. The molecule has 1 aliphatic rings. The molecule has 7 nitrogen and oxygen atoms in total. The first-order valence-electron chi connectivity index (χ1n) is 7.29. The van der Waals surface area contributed by atoms with E-state index in [9.17, 15) is 18.0 Å². The standard InChI is InChI=1S/C13H25N3O4S/c1-10(13(18)14-7-8-15-21(2,19)20)16-12(17)9-11-5-3-4-6-11/h10-11,15H,3-9H2,1-2H3,(H,14,18)(H,16,17). The van der Waals surface area contributed by atoms with E-state index in [1.165, 1.54) is 12.8 Å². The molecule has 1 aliphatic carbocycles. The largest absolute Gasteiger partial charge is 0.353 e. The van der Waals surface area contributed by atoms with E-state index >= 15 is 0 Å². The first-order chi connectivity index (χ1) is 9.78. The maximum atomic E-state index is 11.8. The molecule has 122 valence electrons. The zero-order valence-corrected chi connectivity index (χ0v) is 13.5. The highest BCUT2D eigenvalue weighted by atomic mass is 32.2. The van der Waals surface area contributed by atoms with Gasteiger partial charge in [0.15, 0.2) is 0 Å². The molecule has 3 N–H and O–H groups in total. The minimum Gasteiger partial charge on any atom is -0.353 e. The van der Waals surface area contributed by atoms with Gasteiger partial charge >= 0.3 is 0 Å². The molecule has 0 heterocycles. The average Bonchev–Trinajstić information content (AvgIpc) is 2.85. The predicted octanol–water partition coefficient (Wildman–Crippen LogP) is -0.263. The topological polar surface area (TPSA) is 104 Å². The molecule has 1 atom stereocenters. The van der Waals surface area contributed by atoms with Crippen LogP contribution in [0.4, 0.5) is 0 Å². The van der Waals surface area contributed by atoms with Crippen molar-refractivity contribution in [2.24, 2.45) is 5.92 Å². The molecule has 1 rings (SSSR count). The number of hydrogen-bond acceptors (Lipinski definition) is 4. The van der Waals surface area contributed by atoms with Gasteiger partial charge in [0.25, 0.3) is 0 Å². The molecular weight excluding hydrogens is 294 g/mol. The maximum Gasteiger partial charge on any atom is 0.242 e. The molecule has 1 fully saturated rings. The van der Waals surface area contributed by atoms with Gasteiger partial charge in [-0.2, -0.15) is 0 Å². The van der Waals surface area contributed by atoms with Gasteiger partial charge in [-0.25, -0.2) is 13.1 Å². The normalized spacial score (nSPS) is 17.4. The molecule has 0 aromatic rings. The van der Waals surface area contributed by atoms with Crippen LogP contribution in [0.1, 0.15) is 39.0 Å². The second-order valence-electron chi connectivity index (χ2n) is 5.60. The quantitative estimate of drug-likeness (QED) is 0.536. The highest BCUT2D eigenvalue weighted by Gasteiger charge is 2.21. The van der Waals surface area contributed by atoms with Crippen molar-refractivity contribution < 1.29 is 18.0 Å². The number of carbonyl (C=O) groups excluding carboxylic acids is 2. The van der Waals surface area contributed by atoms with Crippen molar-refractivity contribution in [3.63, 3.8) is 0 Å². The van der Waals surface area contributed by atoms with E-state index < -0.39 is 16.1 Å². The smallest absolute Gasteiger partial charge is 0.242 e. The van der Waals surface area contributed by atoms with Crippen LogP contribution in [0.25, 0.3) is 0 Å². The summed E-state index contributed by atoms with van der Waals surface area (Å²) in [6.45, 7) is 1.94. The summed E-state index contributed by atoms with van der Waals surface area (Å²) in [4.78, 5) is 23.5. The lowest BCUT2D eigenvalue weighted by Gasteiger charge is -2.15. The minimum absolute atomic E-state index is 0.0983. The Labute approximate surface area is 126 Å². The summed E-state index contributed by atoms with van der Waals surface area (Å²) >= 11 is 0. The number of rotatable bonds is 8. The second-order valence-corrected chi connectivity index (χ2v) is 7.43. The first-order valence-corrected chi connectivity index (χ1v) is 9.19. The summed E-state index contributed by atoms with van der Waals surface area (Å²) < 4.78 is 24.0. The van der Waals surface area contributed by atoms with Crippen LogP contribution in [0.15, 0.2) is 0 Å². The van der Waals surface area contributed by atoms with Crippen molar-refractivity contribution in [1.82, 2.24) is 15.4 Å². The van der Waals surface area contributed by atoms with E-state index in [4.69, 9.17) is 0 Å². The Morgan fingerprint density at radius 2 is 1.81 bits per heavy atom. The fourth-order valence-electron chi connectivity index (χ4n) is 2.42. The van der Waals surface area contributed by atoms with Gasteiger partial charge in [-0.1, -0.05) is 12.8 Å². The molecule has 0 aromatic heterocycles. The molecule has 0 spiro atoms. The average molecular weight is 319 g/mol. The summed E-state index contributed by atoms with van der Waals surface area (Å²) in [5.74, 6) is 0.0307. The van der Waals surface area contributed by atoms with Crippen LogP contribution in [-0.4, -0.2) is 45.6 Å². The third-order valence-electron chi connectivity index (χ3n) is 3.51. The van der Waals surface area contributed by atoms with Crippen LogP contribution in [0.3, 0.4) is 0 Å². The molecule has 0 aromatic carbocycles. The molecule has 1 saturated carbocycles. The van der Waals surface area contributed by atoms with E-state index in [2.05, 4.69) is 15.4 Å². The Morgan fingerprint density at radius 1 is 1.19 bits per heavy atom. The van der Waals surface area contributed by atoms with Crippen molar-refractivity contribution in [3.8, 4) is 0 Å². The Balaban J connectivity index is 2.19. The van der Waals surface area contributed by atoms with Gasteiger partial charge < -0.3 is 10.6 Å². The van der Waals surface area contributed by atoms with Gasteiger partial charge in [0, 0.05) is 19.5 Å². The lowest BCUT2D eigenvalue weighted by molar-refractivity contribution is -0.129. The fraction of sp³-hybridized carbons (Fsp3) is 0.846. The van der Waals surface area contributed by atoms with Gasteiger partial charge in [-0.15, -0.1) is 0 Å². The Morgan fingerprint density at radius 3 is 2.38 bits per heavy atom. The molecule has 0 saturated heterocycles. The summed E-state index contributed by atoms with van der Waals surface area (Å²) in [5, 5.41) is 5.25. The number of hydrogen-bond donors (Lipinski definition) is 3. The van der Waals surface area contributed by atoms with Crippen LogP contribution in [-0.2, 0) is 19.6 Å². The van der Waals surface area contributed by atoms with Gasteiger partial charge in [-0.05, 0) is 25.7 Å². The molecular formula is C13H25N3O4S. The molecule has 21 heavy (non-hydrogen) atoms. The second kappa shape index (κ2) is 8.33. The maximum absolute atomic E-state index is 11.8. The number of nitrogens with one attached hydrogen (secondary N) is 3. The SMILES string of the molecule is CC(NC(=O)CC1CCCC1)C(=O)NCCNS(C)(=O)=O. The van der Waals surface area contributed by atoms with Crippen molar-refractivity contribution in [1.29, 1.82) is 0 Å². The molecule has 0 bridgehead atoms. The zero-order chi connectivity index (χ0) is 15.9. The van der Waals surface area contributed by atoms with Gasteiger partial charge in [0.05, 0.1) is 6.26 Å². The summed E-state index contributed by atoms with van der Waals surface area (Å²) in [6.07, 6.45) is 6.08. The van der Waals surface area contributed by atoms with E-state index in [1.807, 2.05) is 0 Å². The lowest BCUT2D eigenvalue weighted by atomic mass is 10.0. The van der Waals surface area contributed by atoms with Gasteiger partial charge in [0.1, 0.15) is 6.04 Å². The Bertz CT molecular complexity index is 458. The molecule has 8 heteroatoms. The highest BCUT2D eigenvalue weighted by Crippen LogP contribution is 2.27. The number of amides is 2. The minimum atomic E-state index is -3.25.